The molecule has 1 aromatic heterocycles. The normalized spacial score (nSPS) is 14.9. The van der Waals surface area contributed by atoms with Gasteiger partial charge in [-0.25, -0.2) is 9.59 Å². The molecule has 1 aliphatic heterocycles. The molecule has 0 atom stereocenters. The van der Waals surface area contributed by atoms with E-state index in [2.05, 4.69) is 22.1 Å². The molecular weight excluding hydrogens is 394 g/mol. The number of halogens is 1. The Bertz CT molecular complexity index is 793. The number of aromatic nitrogens is 1. The number of ether oxygens (including phenoxy) is 2. The van der Waals surface area contributed by atoms with Gasteiger partial charge < -0.3 is 24.7 Å². The molecule has 0 unspecified atom stereocenters. The summed E-state index contributed by atoms with van der Waals surface area (Å²) in [6.45, 7) is 11.2. The zero-order valence-electron chi connectivity index (χ0n) is 17.8. The van der Waals surface area contributed by atoms with Crippen LogP contribution in [0.15, 0.2) is 0 Å². The molecule has 0 bridgehead atoms. The highest BCUT2D eigenvalue weighted by atomic mass is 35.5. The molecule has 0 spiro atoms. The Morgan fingerprint density at radius 3 is 2.55 bits per heavy atom. The zero-order chi connectivity index (χ0) is 21.6. The van der Waals surface area contributed by atoms with Crippen LogP contribution < -0.4 is 5.32 Å². The average Bonchev–Trinajstić information content (AvgIpc) is 2.93. The van der Waals surface area contributed by atoms with E-state index < -0.39 is 11.6 Å². The standard InChI is InChI=1S/C21H30ClN3O4/c1-6-28-19(26)18-16(17(22)14(2)24-18)8-7-11-23-15-9-12-25(13-10-15)20(27)29-21(3,4)5/h15,23-24H,6,9-13H2,1-5H3. The molecule has 1 aromatic rings. The lowest BCUT2D eigenvalue weighted by Crippen LogP contribution is -2.46. The lowest BCUT2D eigenvalue weighted by Gasteiger charge is -2.33. The number of nitrogens with zero attached hydrogens (tertiary/aromatic N) is 1. The van der Waals surface area contributed by atoms with Crippen molar-refractivity contribution in [2.45, 2.75) is 59.1 Å². The second-order valence-electron chi connectivity index (χ2n) is 7.96. The van der Waals surface area contributed by atoms with Crippen molar-refractivity contribution in [3.8, 4) is 11.8 Å². The molecule has 1 fully saturated rings. The minimum atomic E-state index is -0.484. The van der Waals surface area contributed by atoms with E-state index in [0.29, 0.717) is 35.9 Å². The Labute approximate surface area is 177 Å². The number of carbonyl (C=O) groups excluding carboxylic acids is 2. The van der Waals surface area contributed by atoms with Crippen LogP contribution in [0.1, 0.15) is 62.3 Å². The van der Waals surface area contributed by atoms with Gasteiger partial charge in [-0.05, 0) is 47.5 Å². The monoisotopic (exact) mass is 423 g/mol. The number of H-pyrrole nitrogens is 1. The third-order valence-corrected chi connectivity index (χ3v) is 4.90. The molecule has 0 saturated carbocycles. The fourth-order valence-electron chi connectivity index (χ4n) is 3.00. The van der Waals surface area contributed by atoms with Gasteiger partial charge in [-0.3, -0.25) is 0 Å². The third-order valence-electron chi connectivity index (χ3n) is 4.43. The molecule has 2 rings (SSSR count). The summed E-state index contributed by atoms with van der Waals surface area (Å²) in [5, 5.41) is 3.81. The Kier molecular flexibility index (Phi) is 8.00. The summed E-state index contributed by atoms with van der Waals surface area (Å²) in [5.74, 6) is 5.54. The number of piperidine rings is 1. The van der Waals surface area contributed by atoms with Crippen molar-refractivity contribution in [2.24, 2.45) is 0 Å². The first-order chi connectivity index (χ1) is 13.6. The first-order valence-corrected chi connectivity index (χ1v) is 10.3. The van der Waals surface area contributed by atoms with Gasteiger partial charge >= 0.3 is 12.1 Å². The maximum absolute atomic E-state index is 12.1. The first-order valence-electron chi connectivity index (χ1n) is 9.87. The molecule has 0 aliphatic carbocycles. The summed E-state index contributed by atoms with van der Waals surface area (Å²) in [5.41, 5.74) is 0.945. The van der Waals surface area contributed by atoms with Crippen molar-refractivity contribution in [1.82, 2.24) is 15.2 Å². The molecule has 2 heterocycles. The number of aromatic amines is 1. The predicted octanol–water partition coefficient (Wildman–Crippen LogP) is 3.49. The summed E-state index contributed by atoms with van der Waals surface area (Å²) in [7, 11) is 0. The smallest absolute Gasteiger partial charge is 0.410 e. The van der Waals surface area contributed by atoms with Crippen LogP contribution in [0.5, 0.6) is 0 Å². The largest absolute Gasteiger partial charge is 0.461 e. The predicted molar refractivity (Wildman–Crippen MR) is 112 cm³/mol. The van der Waals surface area contributed by atoms with Gasteiger partial charge in [0, 0.05) is 24.8 Å². The van der Waals surface area contributed by atoms with Gasteiger partial charge in [-0.15, -0.1) is 0 Å². The minimum absolute atomic E-state index is 0.264. The third kappa shape index (κ3) is 6.69. The fraction of sp³-hybridized carbons (Fsp3) is 0.619. The number of hydrogen-bond donors (Lipinski definition) is 2. The van der Waals surface area contributed by atoms with Gasteiger partial charge in [0.1, 0.15) is 11.3 Å². The number of esters is 1. The summed E-state index contributed by atoms with van der Waals surface area (Å²) >= 11 is 6.27. The lowest BCUT2D eigenvalue weighted by atomic mass is 10.1. The number of amides is 1. The van der Waals surface area contributed by atoms with Crippen LogP contribution in [-0.2, 0) is 9.47 Å². The second-order valence-corrected chi connectivity index (χ2v) is 8.34. The Hall–Kier alpha value is -2.17. The molecule has 8 heteroatoms. The summed E-state index contributed by atoms with van der Waals surface area (Å²) in [4.78, 5) is 28.8. The molecule has 0 aromatic carbocycles. The highest BCUT2D eigenvalue weighted by Crippen LogP contribution is 2.24. The van der Waals surface area contributed by atoms with E-state index in [9.17, 15) is 9.59 Å². The van der Waals surface area contributed by atoms with Gasteiger partial charge in [0.05, 0.1) is 23.7 Å². The van der Waals surface area contributed by atoms with E-state index >= 15 is 0 Å². The highest BCUT2D eigenvalue weighted by molar-refractivity contribution is 6.33. The summed E-state index contributed by atoms with van der Waals surface area (Å²) < 4.78 is 10.5. The topological polar surface area (TPSA) is 83.7 Å². The van der Waals surface area contributed by atoms with Gasteiger partial charge in [-0.1, -0.05) is 23.4 Å². The number of nitrogens with one attached hydrogen (secondary N) is 2. The molecule has 1 aliphatic rings. The molecule has 1 amide bonds. The van der Waals surface area contributed by atoms with Gasteiger partial charge in [0.25, 0.3) is 0 Å². The molecule has 160 valence electrons. The fourth-order valence-corrected chi connectivity index (χ4v) is 3.19. The Morgan fingerprint density at radius 2 is 1.97 bits per heavy atom. The van der Waals surface area contributed by atoms with Crippen molar-refractivity contribution in [3.05, 3.63) is 22.0 Å². The van der Waals surface area contributed by atoms with Crippen LogP contribution in [0.2, 0.25) is 5.02 Å². The molecule has 2 N–H and O–H groups in total. The van der Waals surface area contributed by atoms with Crippen molar-refractivity contribution in [1.29, 1.82) is 0 Å². The van der Waals surface area contributed by atoms with Crippen LogP contribution in [0.25, 0.3) is 0 Å². The van der Waals surface area contributed by atoms with Gasteiger partial charge in [0.15, 0.2) is 0 Å². The number of hydrogen-bond acceptors (Lipinski definition) is 5. The number of aryl methyl sites for hydroxylation is 1. The Morgan fingerprint density at radius 1 is 1.31 bits per heavy atom. The van der Waals surface area contributed by atoms with E-state index in [1.165, 1.54) is 0 Å². The van der Waals surface area contributed by atoms with Crippen molar-refractivity contribution < 1.29 is 19.1 Å². The van der Waals surface area contributed by atoms with E-state index in [1.807, 2.05) is 20.8 Å². The van der Waals surface area contributed by atoms with Gasteiger partial charge in [-0.2, -0.15) is 0 Å². The van der Waals surface area contributed by atoms with Gasteiger partial charge in [0.2, 0.25) is 0 Å². The van der Waals surface area contributed by atoms with Crippen molar-refractivity contribution >= 4 is 23.7 Å². The maximum Gasteiger partial charge on any atom is 0.410 e. The maximum atomic E-state index is 12.1. The summed E-state index contributed by atoms with van der Waals surface area (Å²) in [6.07, 6.45) is 1.40. The quantitative estimate of drug-likeness (QED) is 0.572. The Balaban J connectivity index is 1.86. The molecule has 0 radical (unpaired) electrons. The molecule has 1 saturated heterocycles. The van der Waals surface area contributed by atoms with Crippen molar-refractivity contribution in [3.63, 3.8) is 0 Å². The highest BCUT2D eigenvalue weighted by Gasteiger charge is 2.26. The van der Waals surface area contributed by atoms with E-state index in [4.69, 9.17) is 21.1 Å². The SMILES string of the molecule is CCOC(=O)c1[nH]c(C)c(Cl)c1C#CCNC1CCN(C(=O)OC(C)(C)C)CC1. The first kappa shape index (κ1) is 23.1. The summed E-state index contributed by atoms with van der Waals surface area (Å²) in [6, 6.07) is 0.274. The van der Waals surface area contributed by atoms with E-state index in [0.717, 1.165) is 12.8 Å². The van der Waals surface area contributed by atoms with Crippen molar-refractivity contribution in [2.75, 3.05) is 26.2 Å². The number of carbonyl (C=O) groups is 2. The van der Waals surface area contributed by atoms with Crippen LogP contribution in [0, 0.1) is 18.8 Å². The van der Waals surface area contributed by atoms with Crippen LogP contribution in [0.4, 0.5) is 4.79 Å². The number of rotatable bonds is 4. The lowest BCUT2D eigenvalue weighted by molar-refractivity contribution is 0.0199. The van der Waals surface area contributed by atoms with Crippen LogP contribution in [-0.4, -0.2) is 59.8 Å². The van der Waals surface area contributed by atoms with Crippen LogP contribution in [0.3, 0.4) is 0 Å². The molecule has 7 nitrogen and oxygen atoms in total. The van der Waals surface area contributed by atoms with E-state index in [-0.39, 0.29) is 24.4 Å². The number of likely N-dealkylation sites (tertiary alicyclic amines) is 1. The van der Waals surface area contributed by atoms with E-state index in [1.54, 1.807) is 18.7 Å². The molecule has 29 heavy (non-hydrogen) atoms. The second kappa shape index (κ2) is 10.0. The van der Waals surface area contributed by atoms with Crippen LogP contribution >= 0.6 is 11.6 Å². The minimum Gasteiger partial charge on any atom is -0.461 e. The zero-order valence-corrected chi connectivity index (χ0v) is 18.5. The average molecular weight is 424 g/mol. The molecular formula is C21H30ClN3O4.